The molecule has 0 radical (unpaired) electrons. The molecule has 8 nitrogen and oxygen atoms in total. The Morgan fingerprint density at radius 3 is 2.64 bits per heavy atom. The molecule has 240 valence electrons. The Bertz CT molecular complexity index is 1470. The number of rotatable bonds is 10. The van der Waals surface area contributed by atoms with Crippen molar-refractivity contribution in [3.05, 3.63) is 76.8 Å². The van der Waals surface area contributed by atoms with Gasteiger partial charge in [0.25, 0.3) is 0 Å². The van der Waals surface area contributed by atoms with E-state index in [1.54, 1.807) is 17.0 Å². The number of nitrogens with one attached hydrogen (secondary N) is 2. The third-order valence-electron chi connectivity index (χ3n) is 10.6. The third kappa shape index (κ3) is 6.05. The summed E-state index contributed by atoms with van der Waals surface area (Å²) >= 11 is 6.32. The van der Waals surface area contributed by atoms with Crippen LogP contribution in [0, 0.1) is 30.6 Å². The minimum absolute atomic E-state index is 0.0404. The van der Waals surface area contributed by atoms with Gasteiger partial charge in [0.15, 0.2) is 0 Å². The quantitative estimate of drug-likeness (QED) is 0.352. The van der Waals surface area contributed by atoms with Crippen LogP contribution in [-0.4, -0.2) is 71.4 Å². The molecule has 2 aromatic rings. The van der Waals surface area contributed by atoms with Crippen LogP contribution in [0.15, 0.2) is 60.7 Å². The fraction of sp³-hybridized carbons (Fsp3) is 0.528. The van der Waals surface area contributed by atoms with E-state index in [1.165, 1.54) is 5.56 Å². The van der Waals surface area contributed by atoms with Gasteiger partial charge in [-0.15, -0.1) is 0 Å². The van der Waals surface area contributed by atoms with Gasteiger partial charge in [0, 0.05) is 29.8 Å². The molecule has 3 amide bonds. The Kier molecular flexibility index (Phi) is 9.10. The number of halogens is 1. The van der Waals surface area contributed by atoms with E-state index >= 15 is 0 Å². The first-order chi connectivity index (χ1) is 21.6. The van der Waals surface area contributed by atoms with Crippen molar-refractivity contribution in [2.75, 3.05) is 25.5 Å². The van der Waals surface area contributed by atoms with Crippen molar-refractivity contribution in [2.24, 2.45) is 23.7 Å². The molecular weight excluding hydrogens is 588 g/mol. The average molecular weight is 633 g/mol. The lowest BCUT2D eigenvalue weighted by molar-refractivity contribution is -0.141. The summed E-state index contributed by atoms with van der Waals surface area (Å²) in [4.78, 5) is 46.3. The number of carbonyl (C=O) groups is 3. The number of nitrogens with zero attached hydrogens (tertiary/aromatic N) is 2. The van der Waals surface area contributed by atoms with Gasteiger partial charge >= 0.3 is 0 Å². The van der Waals surface area contributed by atoms with E-state index in [2.05, 4.69) is 48.6 Å². The summed E-state index contributed by atoms with van der Waals surface area (Å²) in [5.41, 5.74) is 1.51. The Balaban J connectivity index is 1.23. The summed E-state index contributed by atoms with van der Waals surface area (Å²) in [6.45, 7) is 8.28. The van der Waals surface area contributed by atoms with E-state index in [4.69, 9.17) is 16.3 Å². The summed E-state index contributed by atoms with van der Waals surface area (Å²) in [5.74, 6) is -1.37. The minimum atomic E-state index is -1.18. The van der Waals surface area contributed by atoms with Crippen LogP contribution >= 0.6 is 11.6 Å². The predicted octanol–water partition coefficient (Wildman–Crippen LogP) is 5.20. The number of amides is 3. The van der Waals surface area contributed by atoms with E-state index < -0.39 is 29.6 Å². The van der Waals surface area contributed by atoms with Crippen LogP contribution in [0.5, 0.6) is 0 Å². The Morgan fingerprint density at radius 1 is 1.11 bits per heavy atom. The van der Waals surface area contributed by atoms with Crippen molar-refractivity contribution in [1.29, 1.82) is 0 Å². The van der Waals surface area contributed by atoms with Crippen molar-refractivity contribution >= 4 is 35.0 Å². The summed E-state index contributed by atoms with van der Waals surface area (Å²) in [7, 11) is 2.06. The number of likely N-dealkylation sites (tertiary alicyclic amines) is 1. The predicted molar refractivity (Wildman–Crippen MR) is 176 cm³/mol. The molecule has 2 N–H and O–H groups in total. The molecule has 45 heavy (non-hydrogen) atoms. The summed E-state index contributed by atoms with van der Waals surface area (Å²) in [6, 6.07) is 14.8. The Morgan fingerprint density at radius 2 is 1.89 bits per heavy atom. The van der Waals surface area contributed by atoms with E-state index in [-0.39, 0.29) is 23.8 Å². The van der Waals surface area contributed by atoms with E-state index in [0.29, 0.717) is 35.5 Å². The van der Waals surface area contributed by atoms with E-state index in [0.717, 1.165) is 37.9 Å². The van der Waals surface area contributed by atoms with Crippen molar-refractivity contribution in [3.8, 4) is 0 Å². The van der Waals surface area contributed by atoms with Gasteiger partial charge in [-0.05, 0) is 68.5 Å². The van der Waals surface area contributed by atoms with Crippen LogP contribution in [-0.2, 0) is 25.7 Å². The smallest absolute Gasteiger partial charge is 0.246 e. The molecule has 0 unspecified atom stereocenters. The number of benzene rings is 2. The Hall–Kier alpha value is -3.20. The Labute approximate surface area is 271 Å². The number of fused-ring (bicyclic) bond motifs is 1. The second-order valence-electron chi connectivity index (χ2n) is 13.6. The maximum absolute atomic E-state index is 14.3. The van der Waals surface area contributed by atoms with Crippen LogP contribution < -0.4 is 10.6 Å². The largest absolute Gasteiger partial charge is 0.359 e. The number of hydrogen-bond acceptors (Lipinski definition) is 5. The van der Waals surface area contributed by atoms with Gasteiger partial charge in [0.2, 0.25) is 17.7 Å². The maximum atomic E-state index is 14.3. The van der Waals surface area contributed by atoms with Crippen LogP contribution in [0.25, 0.3) is 0 Å². The van der Waals surface area contributed by atoms with Crippen LogP contribution in [0.2, 0.25) is 5.02 Å². The average Bonchev–Trinajstić information content (AvgIpc) is 3.65. The molecule has 9 heteroatoms. The zero-order valence-corrected chi connectivity index (χ0v) is 27.4. The molecular formula is C36H45ClN4O4. The van der Waals surface area contributed by atoms with Gasteiger partial charge in [0.1, 0.15) is 11.6 Å². The molecule has 4 aliphatic rings. The van der Waals surface area contributed by atoms with Crippen molar-refractivity contribution in [3.63, 3.8) is 0 Å². The summed E-state index contributed by atoms with van der Waals surface area (Å²) < 4.78 is 6.54. The van der Waals surface area contributed by atoms with Gasteiger partial charge in [-0.2, -0.15) is 0 Å². The normalized spacial score (nSPS) is 31.8. The fourth-order valence-corrected chi connectivity index (χ4v) is 8.12. The molecule has 2 saturated heterocycles. The molecule has 1 aliphatic carbocycles. The minimum Gasteiger partial charge on any atom is -0.359 e. The first-order valence-corrected chi connectivity index (χ1v) is 16.7. The molecule has 8 atom stereocenters. The standard InChI is InChI=1S/C36H45ClN4O4/c1-22-10-8-13-28(24(22)3)39-34(43)32-36-17-16-29(45-36)30(33(42)38-26-15-14-23(2)27(37)20-26)31(36)35(44)41(32)19-9-18-40(4)21-25-11-6-5-7-12-25/h5-7,11-12,14-17,20,22,24,28-32H,8-10,13,18-19,21H2,1-4H3,(H,38,42)(H,39,43)/t22-,24-,28+,29+,30-,31+,32+,36+/m0/s1. The molecule has 3 aliphatic heterocycles. The molecule has 3 heterocycles. The van der Waals surface area contributed by atoms with Gasteiger partial charge in [-0.3, -0.25) is 14.4 Å². The highest BCUT2D eigenvalue weighted by atomic mass is 35.5. The van der Waals surface area contributed by atoms with Gasteiger partial charge in [-0.1, -0.05) is 86.8 Å². The molecule has 0 aromatic heterocycles. The third-order valence-corrected chi connectivity index (χ3v) is 11.0. The number of hydrogen-bond donors (Lipinski definition) is 2. The second-order valence-corrected chi connectivity index (χ2v) is 14.1. The van der Waals surface area contributed by atoms with Crippen LogP contribution in [0.3, 0.4) is 0 Å². The molecule has 2 bridgehead atoms. The van der Waals surface area contributed by atoms with Crippen molar-refractivity contribution < 1.29 is 19.1 Å². The molecule has 2 aromatic carbocycles. The second kappa shape index (κ2) is 12.9. The number of ether oxygens (including phenoxy) is 1. The topological polar surface area (TPSA) is 91.0 Å². The molecule has 1 saturated carbocycles. The zero-order valence-electron chi connectivity index (χ0n) is 26.7. The zero-order chi connectivity index (χ0) is 31.9. The lowest BCUT2D eigenvalue weighted by Crippen LogP contribution is -2.58. The van der Waals surface area contributed by atoms with Gasteiger partial charge in [-0.25, -0.2) is 0 Å². The monoisotopic (exact) mass is 632 g/mol. The van der Waals surface area contributed by atoms with E-state index in [1.807, 2.05) is 43.3 Å². The van der Waals surface area contributed by atoms with Gasteiger partial charge < -0.3 is 25.2 Å². The van der Waals surface area contributed by atoms with Crippen molar-refractivity contribution in [2.45, 2.75) is 76.8 Å². The van der Waals surface area contributed by atoms with Gasteiger partial charge in [0.05, 0.1) is 17.9 Å². The number of aryl methyl sites for hydroxylation is 1. The summed E-state index contributed by atoms with van der Waals surface area (Å²) in [6.07, 6.45) is 6.98. The first kappa shape index (κ1) is 31.8. The first-order valence-electron chi connectivity index (χ1n) is 16.4. The fourth-order valence-electron chi connectivity index (χ4n) is 7.94. The lowest BCUT2D eigenvalue weighted by atomic mass is 9.73. The van der Waals surface area contributed by atoms with Crippen LogP contribution in [0.1, 0.15) is 50.7 Å². The summed E-state index contributed by atoms with van der Waals surface area (Å²) in [5, 5.41) is 6.86. The lowest BCUT2D eigenvalue weighted by Gasteiger charge is -2.38. The molecule has 6 rings (SSSR count). The highest BCUT2D eigenvalue weighted by Gasteiger charge is 2.72. The highest BCUT2D eigenvalue weighted by molar-refractivity contribution is 6.31. The number of carbonyl (C=O) groups excluding carboxylic acids is 3. The van der Waals surface area contributed by atoms with Crippen LogP contribution in [0.4, 0.5) is 5.69 Å². The number of anilines is 1. The van der Waals surface area contributed by atoms with E-state index in [9.17, 15) is 14.4 Å². The molecule has 3 fully saturated rings. The SMILES string of the molecule is Cc1ccc(NC(=O)[C@H]2[C@H]3C=C[C@@]4(O3)[C@H]2C(=O)N(CCCN(C)Cc2ccccc2)[C@@H]4C(=O)N[C@@H]2CCC[C@H](C)[C@@H]2C)cc1Cl. The highest BCUT2D eigenvalue weighted by Crippen LogP contribution is 2.55. The van der Waals surface area contributed by atoms with Crippen molar-refractivity contribution in [1.82, 2.24) is 15.1 Å². The maximum Gasteiger partial charge on any atom is 0.246 e. The molecule has 1 spiro atoms.